The molecule has 0 spiro atoms. The predicted molar refractivity (Wildman–Crippen MR) is 84.3 cm³/mol. The topological polar surface area (TPSA) is 74.3 Å². The van der Waals surface area contributed by atoms with E-state index in [1.54, 1.807) is 0 Å². The van der Waals surface area contributed by atoms with Gasteiger partial charge in [-0.15, -0.1) is 0 Å². The van der Waals surface area contributed by atoms with Crippen molar-refractivity contribution in [3.05, 3.63) is 17.3 Å². The van der Waals surface area contributed by atoms with Gasteiger partial charge >= 0.3 is 0 Å². The van der Waals surface area contributed by atoms with Gasteiger partial charge in [-0.3, -0.25) is 0 Å². The lowest BCUT2D eigenvalue weighted by Gasteiger charge is -2.19. The van der Waals surface area contributed by atoms with Crippen LogP contribution in [0.2, 0.25) is 5.02 Å². The molecule has 0 amide bonds. The highest BCUT2D eigenvalue weighted by Gasteiger charge is 2.24. The average Bonchev–Trinajstić information content (AvgIpc) is 2.84. The van der Waals surface area contributed by atoms with Crippen LogP contribution in [0.15, 0.2) is 17.2 Å². The lowest BCUT2D eigenvalue weighted by Crippen LogP contribution is -2.38. The molecule has 1 aromatic heterocycles. The Morgan fingerprint density at radius 1 is 1.52 bits per heavy atom. The minimum Gasteiger partial charge on any atom is -0.369 e. The molecule has 2 heterocycles. The van der Waals surface area contributed by atoms with E-state index in [-0.39, 0.29) is 10.9 Å². The van der Waals surface area contributed by atoms with Crippen LogP contribution in [0.3, 0.4) is 0 Å². The van der Waals surface area contributed by atoms with Gasteiger partial charge in [-0.2, -0.15) is 0 Å². The summed E-state index contributed by atoms with van der Waals surface area (Å²) in [5.41, 5.74) is 0. The van der Waals surface area contributed by atoms with Crippen molar-refractivity contribution in [1.82, 2.24) is 14.6 Å². The molecule has 0 bridgehead atoms. The summed E-state index contributed by atoms with van der Waals surface area (Å²) in [7, 11) is -1.57. The standard InChI is InChI=1S/C13H21ClN4O2S/c1-3-15-13-12(14)7-11(9-16-13)21(19,20)17-8-10-5-4-6-18(10)2/h7,9-10,17H,3-6,8H2,1-2H3,(H,15,16). The summed E-state index contributed by atoms with van der Waals surface area (Å²) in [5.74, 6) is 0.494. The highest BCUT2D eigenvalue weighted by Crippen LogP contribution is 2.22. The molecule has 21 heavy (non-hydrogen) atoms. The van der Waals surface area contributed by atoms with Gasteiger partial charge in [-0.1, -0.05) is 11.6 Å². The molecule has 1 aromatic rings. The van der Waals surface area contributed by atoms with Gasteiger partial charge in [-0.25, -0.2) is 18.1 Å². The molecule has 6 nitrogen and oxygen atoms in total. The van der Waals surface area contributed by atoms with Gasteiger partial charge < -0.3 is 10.2 Å². The monoisotopic (exact) mass is 332 g/mol. The van der Waals surface area contributed by atoms with Crippen LogP contribution in [0, 0.1) is 0 Å². The molecule has 2 rings (SSSR count). The van der Waals surface area contributed by atoms with E-state index in [0.29, 0.717) is 23.9 Å². The lowest BCUT2D eigenvalue weighted by atomic mass is 10.2. The van der Waals surface area contributed by atoms with E-state index in [0.717, 1.165) is 19.4 Å². The number of pyridine rings is 1. The molecule has 1 atom stereocenters. The van der Waals surface area contributed by atoms with E-state index in [2.05, 4.69) is 19.9 Å². The highest BCUT2D eigenvalue weighted by atomic mass is 35.5. The molecule has 0 saturated carbocycles. The Morgan fingerprint density at radius 3 is 2.86 bits per heavy atom. The van der Waals surface area contributed by atoms with E-state index < -0.39 is 10.0 Å². The van der Waals surface area contributed by atoms with Crippen LogP contribution in [0.1, 0.15) is 19.8 Å². The summed E-state index contributed by atoms with van der Waals surface area (Å²) < 4.78 is 27.2. The van der Waals surface area contributed by atoms with Crippen molar-refractivity contribution >= 4 is 27.4 Å². The molecule has 1 saturated heterocycles. The van der Waals surface area contributed by atoms with Crippen molar-refractivity contribution in [3.63, 3.8) is 0 Å². The van der Waals surface area contributed by atoms with Gasteiger partial charge in [0.05, 0.1) is 5.02 Å². The van der Waals surface area contributed by atoms with Gasteiger partial charge in [0.1, 0.15) is 10.7 Å². The summed E-state index contributed by atoms with van der Waals surface area (Å²) in [6.45, 7) is 4.01. The maximum Gasteiger partial charge on any atom is 0.242 e. The zero-order valence-electron chi connectivity index (χ0n) is 12.3. The highest BCUT2D eigenvalue weighted by molar-refractivity contribution is 7.89. The molecule has 1 unspecified atom stereocenters. The van der Waals surface area contributed by atoms with Gasteiger partial charge in [0.25, 0.3) is 0 Å². The van der Waals surface area contributed by atoms with Crippen LogP contribution in [0.4, 0.5) is 5.82 Å². The van der Waals surface area contributed by atoms with Crippen LogP contribution >= 0.6 is 11.6 Å². The van der Waals surface area contributed by atoms with Crippen molar-refractivity contribution in [2.45, 2.75) is 30.7 Å². The second-order valence-electron chi connectivity index (χ2n) is 5.16. The Bertz CT molecular complexity index is 594. The molecule has 1 aliphatic heterocycles. The fourth-order valence-corrected chi connectivity index (χ4v) is 3.73. The number of rotatable bonds is 6. The number of likely N-dealkylation sites (N-methyl/N-ethyl adjacent to an activating group) is 1. The molecule has 0 aromatic carbocycles. The van der Waals surface area contributed by atoms with Crippen molar-refractivity contribution in [1.29, 1.82) is 0 Å². The van der Waals surface area contributed by atoms with Crippen molar-refractivity contribution in [2.24, 2.45) is 0 Å². The van der Waals surface area contributed by atoms with Crippen molar-refractivity contribution < 1.29 is 8.42 Å². The van der Waals surface area contributed by atoms with Crippen molar-refractivity contribution in [2.75, 3.05) is 32.0 Å². The number of hydrogen-bond donors (Lipinski definition) is 2. The molecule has 1 fully saturated rings. The first-order chi connectivity index (χ1) is 9.94. The smallest absolute Gasteiger partial charge is 0.242 e. The van der Waals surface area contributed by atoms with Gasteiger partial charge in [0, 0.05) is 25.3 Å². The maximum atomic E-state index is 12.3. The van der Waals surface area contributed by atoms with Crippen molar-refractivity contribution in [3.8, 4) is 0 Å². The van der Waals surface area contributed by atoms with Gasteiger partial charge in [0.2, 0.25) is 10.0 Å². The number of nitrogens with zero attached hydrogens (tertiary/aromatic N) is 2. The number of likely N-dealkylation sites (tertiary alicyclic amines) is 1. The minimum absolute atomic E-state index is 0.0924. The first-order valence-corrected chi connectivity index (χ1v) is 8.89. The summed E-state index contributed by atoms with van der Waals surface area (Å²) in [6, 6.07) is 1.68. The first kappa shape index (κ1) is 16.5. The van der Waals surface area contributed by atoms with Gasteiger partial charge in [-0.05, 0) is 39.4 Å². The largest absolute Gasteiger partial charge is 0.369 e. The Hall–Kier alpha value is -0.890. The average molecular weight is 333 g/mol. The van der Waals surface area contributed by atoms with E-state index in [1.807, 2.05) is 14.0 Å². The van der Waals surface area contributed by atoms with Crippen LogP contribution in [0.5, 0.6) is 0 Å². The molecule has 8 heteroatoms. The number of hydrogen-bond acceptors (Lipinski definition) is 5. The Kier molecular flexibility index (Phi) is 5.43. The minimum atomic E-state index is -3.58. The van der Waals surface area contributed by atoms with E-state index >= 15 is 0 Å². The predicted octanol–water partition coefficient (Wildman–Crippen LogP) is 1.54. The molecule has 1 aliphatic rings. The Morgan fingerprint density at radius 2 is 2.29 bits per heavy atom. The summed E-state index contributed by atoms with van der Waals surface area (Å²) >= 11 is 6.04. The zero-order valence-corrected chi connectivity index (χ0v) is 13.8. The molecule has 0 aliphatic carbocycles. The van der Waals surface area contributed by atoms with E-state index in [9.17, 15) is 8.42 Å². The summed E-state index contributed by atoms with van der Waals surface area (Å²) in [6.07, 6.45) is 3.44. The molecule has 0 radical (unpaired) electrons. The third kappa shape index (κ3) is 4.06. The first-order valence-electron chi connectivity index (χ1n) is 7.03. The number of halogens is 1. The Balaban J connectivity index is 2.06. The number of aromatic nitrogens is 1. The van der Waals surface area contributed by atoms with Crippen LogP contribution in [-0.4, -0.2) is 51.0 Å². The van der Waals surface area contributed by atoms with Gasteiger partial charge in [0.15, 0.2) is 0 Å². The van der Waals surface area contributed by atoms with Crippen LogP contribution < -0.4 is 10.0 Å². The fourth-order valence-electron chi connectivity index (χ4n) is 2.39. The normalized spacial score (nSPS) is 19.9. The molecule has 118 valence electrons. The number of sulfonamides is 1. The molecular formula is C13H21ClN4O2S. The number of nitrogens with one attached hydrogen (secondary N) is 2. The maximum absolute atomic E-state index is 12.3. The fraction of sp³-hybridized carbons (Fsp3) is 0.615. The third-order valence-corrected chi connectivity index (χ3v) is 5.33. The van der Waals surface area contributed by atoms with Crippen LogP contribution in [-0.2, 0) is 10.0 Å². The zero-order chi connectivity index (χ0) is 15.5. The quantitative estimate of drug-likeness (QED) is 0.826. The third-order valence-electron chi connectivity index (χ3n) is 3.65. The number of anilines is 1. The molecule has 2 N–H and O–H groups in total. The lowest BCUT2D eigenvalue weighted by molar-refractivity contribution is 0.311. The van der Waals surface area contributed by atoms with E-state index in [4.69, 9.17) is 11.6 Å². The summed E-state index contributed by atoms with van der Waals surface area (Å²) in [4.78, 5) is 6.32. The Labute approximate surface area is 130 Å². The molecular weight excluding hydrogens is 312 g/mol. The second kappa shape index (κ2) is 6.91. The SMILES string of the molecule is CCNc1ncc(S(=O)(=O)NCC2CCCN2C)cc1Cl. The van der Waals surface area contributed by atoms with E-state index in [1.165, 1.54) is 12.3 Å². The second-order valence-corrected chi connectivity index (χ2v) is 7.33. The van der Waals surface area contributed by atoms with Crippen LogP contribution in [0.25, 0.3) is 0 Å². The summed E-state index contributed by atoms with van der Waals surface area (Å²) in [5, 5.41) is 3.28.